The number of carbonyl (C=O) groups excluding carboxylic acids is 1. The van der Waals surface area contributed by atoms with Crippen molar-refractivity contribution in [1.29, 1.82) is 0 Å². The summed E-state index contributed by atoms with van der Waals surface area (Å²) in [5.41, 5.74) is 1.37. The van der Waals surface area contributed by atoms with Gasteiger partial charge >= 0.3 is 0 Å². The summed E-state index contributed by atoms with van der Waals surface area (Å²) in [4.78, 5) is 12.1. The fourth-order valence-corrected chi connectivity index (χ4v) is 2.56. The molecule has 1 unspecified atom stereocenters. The monoisotopic (exact) mass is 411 g/mol. The van der Waals surface area contributed by atoms with Crippen molar-refractivity contribution in [2.24, 2.45) is 0 Å². The Balaban J connectivity index is 1.40. The van der Waals surface area contributed by atoms with Crippen LogP contribution in [0, 0.1) is 5.82 Å². The molecule has 7 nitrogen and oxygen atoms in total. The standard InChI is InChI=1S/C22H22FN3O4/c1-15(30-19-9-7-18(28-2)8-10-19)22(27)24-13-14-29-21-12-11-20(25-26-21)16-3-5-17(23)6-4-16/h3-12,15H,13-14H2,1-2H3,(H,24,27). The lowest BCUT2D eigenvalue weighted by Crippen LogP contribution is -2.38. The van der Waals surface area contributed by atoms with Crippen molar-refractivity contribution in [1.82, 2.24) is 15.5 Å². The first-order valence-corrected chi connectivity index (χ1v) is 9.36. The lowest BCUT2D eigenvalue weighted by Gasteiger charge is -2.15. The number of benzene rings is 2. The average Bonchev–Trinajstić information content (AvgIpc) is 2.78. The van der Waals surface area contributed by atoms with Gasteiger partial charge < -0.3 is 19.5 Å². The number of hydrogen-bond acceptors (Lipinski definition) is 6. The third kappa shape index (κ3) is 5.91. The topological polar surface area (TPSA) is 82.6 Å². The van der Waals surface area contributed by atoms with Gasteiger partial charge in [0, 0.05) is 11.6 Å². The minimum atomic E-state index is -0.659. The highest BCUT2D eigenvalue weighted by Gasteiger charge is 2.14. The van der Waals surface area contributed by atoms with Crippen LogP contribution in [-0.2, 0) is 4.79 Å². The molecule has 0 saturated heterocycles. The third-order valence-corrected chi connectivity index (χ3v) is 4.17. The van der Waals surface area contributed by atoms with E-state index in [0.717, 1.165) is 5.56 Å². The second-order valence-electron chi connectivity index (χ2n) is 6.34. The SMILES string of the molecule is COc1ccc(OC(C)C(=O)NCCOc2ccc(-c3ccc(F)cc3)nn2)cc1. The molecule has 0 saturated carbocycles. The van der Waals surface area contributed by atoms with Gasteiger partial charge in [-0.15, -0.1) is 10.2 Å². The molecule has 156 valence electrons. The van der Waals surface area contributed by atoms with Crippen LogP contribution >= 0.6 is 0 Å². The molecule has 8 heteroatoms. The third-order valence-electron chi connectivity index (χ3n) is 4.17. The van der Waals surface area contributed by atoms with Crippen molar-refractivity contribution in [2.75, 3.05) is 20.3 Å². The summed E-state index contributed by atoms with van der Waals surface area (Å²) in [6, 6.07) is 16.4. The molecule has 1 heterocycles. The number of hydrogen-bond donors (Lipinski definition) is 1. The van der Waals surface area contributed by atoms with Crippen molar-refractivity contribution in [3.63, 3.8) is 0 Å². The van der Waals surface area contributed by atoms with Crippen LogP contribution in [0.3, 0.4) is 0 Å². The number of methoxy groups -OCH3 is 1. The average molecular weight is 411 g/mol. The second kappa shape index (κ2) is 10.2. The van der Waals surface area contributed by atoms with Crippen LogP contribution in [0.25, 0.3) is 11.3 Å². The Bertz CT molecular complexity index is 948. The van der Waals surface area contributed by atoms with Gasteiger partial charge in [-0.2, -0.15) is 0 Å². The summed E-state index contributed by atoms with van der Waals surface area (Å²) in [5.74, 6) is 1.05. The second-order valence-corrected chi connectivity index (χ2v) is 6.34. The molecule has 1 atom stereocenters. The van der Waals surface area contributed by atoms with E-state index in [1.807, 2.05) is 0 Å². The fourth-order valence-electron chi connectivity index (χ4n) is 2.56. The van der Waals surface area contributed by atoms with Crippen molar-refractivity contribution < 1.29 is 23.4 Å². The van der Waals surface area contributed by atoms with Gasteiger partial charge in [0.15, 0.2) is 6.10 Å². The minimum absolute atomic E-state index is 0.228. The maximum absolute atomic E-state index is 13.0. The predicted octanol–water partition coefficient (Wildman–Crippen LogP) is 3.25. The van der Waals surface area contributed by atoms with E-state index in [0.29, 0.717) is 23.1 Å². The molecule has 3 aromatic rings. The lowest BCUT2D eigenvalue weighted by molar-refractivity contribution is -0.127. The summed E-state index contributed by atoms with van der Waals surface area (Å²) in [5, 5.41) is 10.8. The Hall–Kier alpha value is -3.68. The van der Waals surface area contributed by atoms with E-state index in [2.05, 4.69) is 15.5 Å². The van der Waals surface area contributed by atoms with Crippen LogP contribution in [0.5, 0.6) is 17.4 Å². The highest BCUT2D eigenvalue weighted by molar-refractivity contribution is 5.80. The summed E-state index contributed by atoms with van der Waals surface area (Å²) in [7, 11) is 1.58. The highest BCUT2D eigenvalue weighted by atomic mass is 19.1. The molecule has 0 aliphatic rings. The molecule has 0 spiro atoms. The van der Waals surface area contributed by atoms with E-state index in [1.54, 1.807) is 62.6 Å². The summed E-state index contributed by atoms with van der Waals surface area (Å²) in [6.45, 7) is 2.18. The first-order chi connectivity index (χ1) is 14.5. The zero-order valence-electron chi connectivity index (χ0n) is 16.7. The van der Waals surface area contributed by atoms with Crippen LogP contribution in [0.2, 0.25) is 0 Å². The van der Waals surface area contributed by atoms with Gasteiger partial charge in [-0.1, -0.05) is 0 Å². The Morgan fingerprint density at radius 2 is 1.70 bits per heavy atom. The quantitative estimate of drug-likeness (QED) is 0.545. The van der Waals surface area contributed by atoms with Gasteiger partial charge in [0.2, 0.25) is 5.88 Å². The molecule has 1 aromatic heterocycles. The predicted molar refractivity (Wildman–Crippen MR) is 109 cm³/mol. The summed E-state index contributed by atoms with van der Waals surface area (Å²) >= 11 is 0. The van der Waals surface area contributed by atoms with Crippen LogP contribution in [0.15, 0.2) is 60.7 Å². The molecule has 3 rings (SSSR count). The number of nitrogens with zero attached hydrogens (tertiary/aromatic N) is 2. The van der Waals surface area contributed by atoms with E-state index in [9.17, 15) is 9.18 Å². The zero-order chi connectivity index (χ0) is 21.3. The number of nitrogens with one attached hydrogen (secondary N) is 1. The Morgan fingerprint density at radius 1 is 1.00 bits per heavy atom. The first-order valence-electron chi connectivity index (χ1n) is 9.36. The van der Waals surface area contributed by atoms with Crippen molar-refractivity contribution in [3.8, 4) is 28.6 Å². The van der Waals surface area contributed by atoms with Gasteiger partial charge in [-0.25, -0.2) is 4.39 Å². The van der Waals surface area contributed by atoms with Crippen molar-refractivity contribution in [2.45, 2.75) is 13.0 Å². The number of aromatic nitrogens is 2. The van der Waals surface area contributed by atoms with E-state index in [-0.39, 0.29) is 24.9 Å². The molecular formula is C22H22FN3O4. The van der Waals surface area contributed by atoms with Crippen LogP contribution in [0.4, 0.5) is 4.39 Å². The smallest absolute Gasteiger partial charge is 0.260 e. The summed E-state index contributed by atoms with van der Waals surface area (Å²) < 4.78 is 29.2. The number of carbonyl (C=O) groups is 1. The molecular weight excluding hydrogens is 389 g/mol. The van der Waals surface area contributed by atoms with Gasteiger partial charge in [0.25, 0.3) is 5.91 Å². The Kier molecular flexibility index (Phi) is 7.15. The maximum atomic E-state index is 13.0. The molecule has 0 bridgehead atoms. The minimum Gasteiger partial charge on any atom is -0.497 e. The van der Waals surface area contributed by atoms with Gasteiger partial charge in [0.05, 0.1) is 19.3 Å². The number of rotatable bonds is 9. The molecule has 0 radical (unpaired) electrons. The fraction of sp³-hybridized carbons (Fsp3) is 0.227. The first kappa shape index (κ1) is 21.0. The van der Waals surface area contributed by atoms with E-state index in [1.165, 1.54) is 12.1 Å². The maximum Gasteiger partial charge on any atom is 0.260 e. The molecule has 1 N–H and O–H groups in total. The van der Waals surface area contributed by atoms with Crippen LogP contribution in [-0.4, -0.2) is 42.5 Å². The van der Waals surface area contributed by atoms with Crippen LogP contribution in [0.1, 0.15) is 6.92 Å². The van der Waals surface area contributed by atoms with Crippen molar-refractivity contribution in [3.05, 3.63) is 66.5 Å². The molecule has 0 fully saturated rings. The lowest BCUT2D eigenvalue weighted by atomic mass is 10.1. The van der Waals surface area contributed by atoms with E-state index >= 15 is 0 Å². The number of halogens is 1. The molecule has 2 aromatic carbocycles. The number of amides is 1. The largest absolute Gasteiger partial charge is 0.497 e. The number of ether oxygens (including phenoxy) is 3. The Morgan fingerprint density at radius 3 is 2.33 bits per heavy atom. The van der Waals surface area contributed by atoms with Gasteiger partial charge in [-0.05, 0) is 61.5 Å². The highest BCUT2D eigenvalue weighted by Crippen LogP contribution is 2.19. The molecule has 30 heavy (non-hydrogen) atoms. The zero-order valence-corrected chi connectivity index (χ0v) is 16.7. The molecule has 0 aliphatic heterocycles. The summed E-state index contributed by atoms with van der Waals surface area (Å²) in [6.07, 6.45) is -0.659. The van der Waals surface area contributed by atoms with Crippen molar-refractivity contribution >= 4 is 5.91 Å². The molecule has 1 amide bonds. The Labute approximate surface area is 173 Å². The van der Waals surface area contributed by atoms with Crippen LogP contribution < -0.4 is 19.5 Å². The van der Waals surface area contributed by atoms with Gasteiger partial charge in [-0.3, -0.25) is 4.79 Å². The van der Waals surface area contributed by atoms with E-state index < -0.39 is 6.10 Å². The van der Waals surface area contributed by atoms with Gasteiger partial charge in [0.1, 0.15) is 23.9 Å². The molecule has 0 aliphatic carbocycles. The normalized spacial score (nSPS) is 11.4. The van der Waals surface area contributed by atoms with E-state index in [4.69, 9.17) is 14.2 Å².